The van der Waals surface area contributed by atoms with E-state index in [9.17, 15) is 0 Å². The second kappa shape index (κ2) is 5.56. The van der Waals surface area contributed by atoms with Crippen molar-refractivity contribution in [3.8, 4) is 5.69 Å². The first-order chi connectivity index (χ1) is 9.74. The quantitative estimate of drug-likeness (QED) is 0.802. The second-order valence-electron chi connectivity index (χ2n) is 4.13. The molecule has 0 bridgehead atoms. The van der Waals surface area contributed by atoms with Crippen LogP contribution in [0.1, 0.15) is 10.6 Å². The van der Waals surface area contributed by atoms with Crippen LogP contribution in [0.25, 0.3) is 5.69 Å². The van der Waals surface area contributed by atoms with Gasteiger partial charge in [0.2, 0.25) is 0 Å². The van der Waals surface area contributed by atoms with Gasteiger partial charge in [-0.05, 0) is 35.5 Å². The van der Waals surface area contributed by atoms with Crippen molar-refractivity contribution in [3.63, 3.8) is 0 Å². The molecule has 102 valence electrons. The number of anilines is 1. The van der Waals surface area contributed by atoms with E-state index in [-0.39, 0.29) is 0 Å². The van der Waals surface area contributed by atoms with Crippen LogP contribution in [-0.2, 0) is 6.54 Å². The number of tetrazole rings is 1. The Labute approximate surface area is 124 Å². The minimum Gasteiger partial charge on any atom is -0.379 e. The van der Waals surface area contributed by atoms with Crippen molar-refractivity contribution in [2.24, 2.45) is 0 Å². The molecule has 1 N–H and O–H groups in total. The number of nitrogens with one attached hydrogen (secondary N) is 1. The van der Waals surface area contributed by atoms with E-state index in [0.717, 1.165) is 17.1 Å². The molecule has 8 heteroatoms. The smallest absolute Gasteiger partial charge is 0.143 e. The molecule has 3 rings (SSSR count). The van der Waals surface area contributed by atoms with Gasteiger partial charge in [-0.15, -0.1) is 16.4 Å². The summed E-state index contributed by atoms with van der Waals surface area (Å²) in [5.74, 6) is 0. The van der Waals surface area contributed by atoms with Crippen molar-refractivity contribution >= 4 is 28.6 Å². The normalized spacial score (nSPS) is 10.7. The van der Waals surface area contributed by atoms with Gasteiger partial charge in [0.25, 0.3) is 0 Å². The lowest BCUT2D eigenvalue weighted by molar-refractivity contribution is 0.789. The van der Waals surface area contributed by atoms with Gasteiger partial charge in [0.1, 0.15) is 6.33 Å². The van der Waals surface area contributed by atoms with E-state index in [1.54, 1.807) is 22.3 Å². The zero-order valence-corrected chi connectivity index (χ0v) is 12.2. The van der Waals surface area contributed by atoms with Crippen LogP contribution in [0.15, 0.2) is 30.0 Å². The van der Waals surface area contributed by atoms with Crippen molar-refractivity contribution < 1.29 is 0 Å². The fourth-order valence-electron chi connectivity index (χ4n) is 1.74. The lowest BCUT2D eigenvalue weighted by Crippen LogP contribution is -2.02. The third kappa shape index (κ3) is 2.63. The molecule has 0 fully saturated rings. The molecule has 0 saturated carbocycles. The second-order valence-corrected chi connectivity index (χ2v) is 5.48. The number of hydrogen-bond acceptors (Lipinski definition) is 6. The average molecular weight is 307 g/mol. The number of halogens is 1. The Morgan fingerprint density at radius 1 is 1.40 bits per heavy atom. The summed E-state index contributed by atoms with van der Waals surface area (Å²) >= 11 is 7.82. The third-order valence-corrected chi connectivity index (χ3v) is 4.11. The van der Waals surface area contributed by atoms with Gasteiger partial charge in [-0.25, -0.2) is 9.67 Å². The maximum Gasteiger partial charge on any atom is 0.143 e. The fourth-order valence-corrected chi connectivity index (χ4v) is 2.64. The first kappa shape index (κ1) is 13.0. The predicted octanol–water partition coefficient (Wildman–Crippen LogP) is 2.69. The fraction of sp³-hybridized carbons (Fsp3) is 0.167. The Bertz CT molecular complexity index is 709. The van der Waals surface area contributed by atoms with Crippen LogP contribution in [0.4, 0.5) is 5.69 Å². The molecule has 0 aliphatic heterocycles. The van der Waals surface area contributed by atoms with Crippen molar-refractivity contribution in [1.82, 2.24) is 25.2 Å². The van der Waals surface area contributed by atoms with Crippen LogP contribution in [0.2, 0.25) is 5.02 Å². The highest BCUT2D eigenvalue weighted by Crippen LogP contribution is 2.25. The highest BCUT2D eigenvalue weighted by atomic mass is 35.5. The molecule has 0 aliphatic rings. The van der Waals surface area contributed by atoms with Gasteiger partial charge in [-0.3, -0.25) is 0 Å². The van der Waals surface area contributed by atoms with E-state index in [1.165, 1.54) is 4.88 Å². The Kier molecular flexibility index (Phi) is 3.62. The molecule has 0 aliphatic carbocycles. The summed E-state index contributed by atoms with van der Waals surface area (Å²) in [5, 5.41) is 15.1. The van der Waals surface area contributed by atoms with Crippen LogP contribution in [-0.4, -0.2) is 25.2 Å². The van der Waals surface area contributed by atoms with E-state index < -0.39 is 0 Å². The number of hydrogen-bond donors (Lipinski definition) is 1. The van der Waals surface area contributed by atoms with Crippen molar-refractivity contribution in [1.29, 1.82) is 0 Å². The van der Waals surface area contributed by atoms with Gasteiger partial charge >= 0.3 is 0 Å². The maximum absolute atomic E-state index is 6.20. The van der Waals surface area contributed by atoms with Crippen LogP contribution >= 0.6 is 22.9 Å². The van der Waals surface area contributed by atoms with Crippen LogP contribution in [0.5, 0.6) is 0 Å². The summed E-state index contributed by atoms with van der Waals surface area (Å²) in [6, 6.07) is 5.59. The molecule has 6 nitrogen and oxygen atoms in total. The van der Waals surface area contributed by atoms with E-state index in [2.05, 4.69) is 25.8 Å². The number of thiazole rings is 1. The molecule has 0 amide bonds. The molecule has 0 atom stereocenters. The van der Waals surface area contributed by atoms with Crippen molar-refractivity contribution in [3.05, 3.63) is 45.6 Å². The van der Waals surface area contributed by atoms with Gasteiger partial charge in [-0.2, -0.15) is 0 Å². The maximum atomic E-state index is 6.20. The standard InChI is InChI=1S/C12H11ClN6S/c1-8-12(20-7-15-8)5-14-11-4-9(2-3-10(11)13)19-6-16-17-18-19/h2-4,6-7,14H,5H2,1H3. The summed E-state index contributed by atoms with van der Waals surface area (Å²) < 4.78 is 1.58. The molecule has 0 spiro atoms. The SMILES string of the molecule is Cc1ncsc1CNc1cc(-n2cnnn2)ccc1Cl. The van der Waals surface area contributed by atoms with Crippen LogP contribution in [0, 0.1) is 6.92 Å². The van der Waals surface area contributed by atoms with Gasteiger partial charge in [0.05, 0.1) is 34.1 Å². The first-order valence-corrected chi connectivity index (χ1v) is 7.15. The van der Waals surface area contributed by atoms with Crippen LogP contribution in [0.3, 0.4) is 0 Å². The van der Waals surface area contributed by atoms with Crippen LogP contribution < -0.4 is 5.32 Å². The number of benzene rings is 1. The highest BCUT2D eigenvalue weighted by Gasteiger charge is 2.06. The minimum atomic E-state index is 0.656. The van der Waals surface area contributed by atoms with E-state index in [1.807, 2.05) is 30.6 Å². The van der Waals surface area contributed by atoms with Gasteiger partial charge in [0, 0.05) is 4.88 Å². The monoisotopic (exact) mass is 306 g/mol. The summed E-state index contributed by atoms with van der Waals surface area (Å²) in [7, 11) is 0. The van der Waals surface area contributed by atoms with Gasteiger partial charge in [0.15, 0.2) is 0 Å². The number of nitrogens with zero attached hydrogens (tertiary/aromatic N) is 5. The van der Waals surface area contributed by atoms with Crippen molar-refractivity contribution in [2.45, 2.75) is 13.5 Å². The number of rotatable bonds is 4. The summed E-state index contributed by atoms with van der Waals surface area (Å²) in [4.78, 5) is 5.41. The summed E-state index contributed by atoms with van der Waals surface area (Å²) in [6.07, 6.45) is 1.54. The largest absolute Gasteiger partial charge is 0.379 e. The Hall–Kier alpha value is -1.99. The van der Waals surface area contributed by atoms with Crippen molar-refractivity contribution in [2.75, 3.05) is 5.32 Å². The minimum absolute atomic E-state index is 0.656. The molecule has 1 aromatic carbocycles. The molecule has 2 aromatic heterocycles. The lowest BCUT2D eigenvalue weighted by Gasteiger charge is -2.09. The summed E-state index contributed by atoms with van der Waals surface area (Å²) in [5.41, 5.74) is 4.57. The highest BCUT2D eigenvalue weighted by molar-refractivity contribution is 7.09. The Morgan fingerprint density at radius 3 is 3.00 bits per heavy atom. The molecule has 0 unspecified atom stereocenters. The van der Waals surface area contributed by atoms with E-state index >= 15 is 0 Å². The zero-order valence-electron chi connectivity index (χ0n) is 10.6. The number of aromatic nitrogens is 5. The van der Waals surface area contributed by atoms with Gasteiger partial charge < -0.3 is 5.32 Å². The molecule has 0 saturated heterocycles. The van der Waals surface area contributed by atoms with Gasteiger partial charge in [-0.1, -0.05) is 11.6 Å². The Balaban J connectivity index is 1.82. The number of aryl methyl sites for hydroxylation is 1. The van der Waals surface area contributed by atoms with E-state index in [4.69, 9.17) is 11.6 Å². The molecular formula is C12H11ClN6S. The average Bonchev–Trinajstić information content (AvgIpc) is 3.10. The molecule has 0 radical (unpaired) electrons. The topological polar surface area (TPSA) is 68.5 Å². The molecule has 2 heterocycles. The molecule has 20 heavy (non-hydrogen) atoms. The third-order valence-electron chi connectivity index (χ3n) is 2.85. The molecule has 3 aromatic rings. The lowest BCUT2D eigenvalue weighted by atomic mass is 10.2. The first-order valence-electron chi connectivity index (χ1n) is 5.90. The zero-order chi connectivity index (χ0) is 13.9. The summed E-state index contributed by atoms with van der Waals surface area (Å²) in [6.45, 7) is 2.68. The molecular weight excluding hydrogens is 296 g/mol. The Morgan fingerprint density at radius 2 is 2.30 bits per heavy atom. The van der Waals surface area contributed by atoms with E-state index in [0.29, 0.717) is 11.6 Å². The predicted molar refractivity (Wildman–Crippen MR) is 78.3 cm³/mol.